The van der Waals surface area contributed by atoms with Crippen LogP contribution in [0.2, 0.25) is 0 Å². The summed E-state index contributed by atoms with van der Waals surface area (Å²) < 4.78 is 27.9. The first-order chi connectivity index (χ1) is 10.2. The maximum absolute atomic E-state index is 11.8. The highest BCUT2D eigenvalue weighted by molar-refractivity contribution is 7.90. The molecule has 0 aliphatic carbocycles. The first-order valence-corrected chi connectivity index (χ1v) is 9.61. The van der Waals surface area contributed by atoms with E-state index in [1.54, 1.807) is 20.8 Å². The van der Waals surface area contributed by atoms with E-state index in [1.165, 1.54) is 0 Å². The Hall–Kier alpha value is -1.31. The van der Waals surface area contributed by atoms with E-state index in [4.69, 9.17) is 4.74 Å². The summed E-state index contributed by atoms with van der Waals surface area (Å²) in [4.78, 5) is 23.6. The lowest BCUT2D eigenvalue weighted by Crippen LogP contribution is -2.46. The van der Waals surface area contributed by atoms with Gasteiger partial charge in [0, 0.05) is 12.8 Å². The van der Waals surface area contributed by atoms with Crippen LogP contribution in [0.15, 0.2) is 0 Å². The smallest absolute Gasteiger partial charge is 0.407 e. The average Bonchev–Trinajstić information content (AvgIpc) is 2.28. The minimum absolute atomic E-state index is 0.0334. The number of ether oxygens (including phenoxy) is 1. The van der Waals surface area contributed by atoms with Gasteiger partial charge >= 0.3 is 12.1 Å². The lowest BCUT2D eigenvalue weighted by Gasteiger charge is -2.31. The quantitative estimate of drug-likeness (QED) is 0.693. The Morgan fingerprint density at radius 2 is 1.74 bits per heavy atom. The highest BCUT2D eigenvalue weighted by Crippen LogP contribution is 2.31. The SMILES string of the molecule is CC(C)CC(CCS(C)(=O)=O)(CNC(=O)OC(C)(C)C)C(=O)O. The van der Waals surface area contributed by atoms with Crippen LogP contribution in [-0.4, -0.2) is 49.7 Å². The molecule has 8 heteroatoms. The molecule has 0 spiro atoms. The van der Waals surface area contributed by atoms with Crippen molar-refractivity contribution in [3.8, 4) is 0 Å². The van der Waals surface area contributed by atoms with Gasteiger partial charge < -0.3 is 15.2 Å². The van der Waals surface area contributed by atoms with Crippen molar-refractivity contribution in [2.45, 2.75) is 53.1 Å². The van der Waals surface area contributed by atoms with Gasteiger partial charge in [-0.15, -0.1) is 0 Å². The number of rotatable bonds is 8. The number of amides is 1. The van der Waals surface area contributed by atoms with Crippen molar-refractivity contribution in [1.82, 2.24) is 5.32 Å². The van der Waals surface area contributed by atoms with Crippen LogP contribution in [0.4, 0.5) is 4.79 Å². The Bertz CT molecular complexity index is 521. The molecule has 0 saturated heterocycles. The highest BCUT2D eigenvalue weighted by atomic mass is 32.2. The zero-order chi connectivity index (χ0) is 18.5. The number of alkyl carbamates (subject to hydrolysis) is 1. The summed E-state index contributed by atoms with van der Waals surface area (Å²) in [5.74, 6) is -1.33. The van der Waals surface area contributed by atoms with Crippen LogP contribution in [0.1, 0.15) is 47.5 Å². The van der Waals surface area contributed by atoms with Crippen LogP contribution < -0.4 is 5.32 Å². The van der Waals surface area contributed by atoms with Crippen LogP contribution in [0, 0.1) is 11.3 Å². The molecule has 0 bridgehead atoms. The molecule has 0 aromatic carbocycles. The van der Waals surface area contributed by atoms with Crippen molar-refractivity contribution >= 4 is 21.9 Å². The Labute approximate surface area is 138 Å². The van der Waals surface area contributed by atoms with Gasteiger partial charge in [-0.3, -0.25) is 4.79 Å². The molecule has 0 aromatic rings. The number of carboxylic acids is 1. The molecule has 2 N–H and O–H groups in total. The minimum atomic E-state index is -3.30. The molecule has 0 fully saturated rings. The molecule has 0 aliphatic heterocycles. The van der Waals surface area contributed by atoms with Gasteiger partial charge in [0.2, 0.25) is 0 Å². The van der Waals surface area contributed by atoms with Gasteiger partial charge in [0.05, 0.1) is 11.2 Å². The number of nitrogens with one attached hydrogen (secondary N) is 1. The summed E-state index contributed by atoms with van der Waals surface area (Å²) in [5.41, 5.74) is -2.03. The number of carbonyl (C=O) groups is 2. The van der Waals surface area contributed by atoms with Gasteiger partial charge in [0.1, 0.15) is 15.4 Å². The first-order valence-electron chi connectivity index (χ1n) is 7.55. The van der Waals surface area contributed by atoms with Crippen LogP contribution in [0.25, 0.3) is 0 Å². The first kappa shape index (κ1) is 21.7. The maximum atomic E-state index is 11.8. The van der Waals surface area contributed by atoms with Crippen LogP contribution in [-0.2, 0) is 19.4 Å². The van der Waals surface area contributed by atoms with E-state index in [0.717, 1.165) is 6.26 Å². The second-order valence-electron chi connectivity index (χ2n) is 7.42. The van der Waals surface area contributed by atoms with Gasteiger partial charge in [0.25, 0.3) is 0 Å². The number of hydrogen-bond donors (Lipinski definition) is 2. The fraction of sp³-hybridized carbons (Fsp3) is 0.867. The molecule has 1 atom stereocenters. The monoisotopic (exact) mass is 351 g/mol. The number of carboxylic acid groups (broad SMARTS) is 1. The summed E-state index contributed by atoms with van der Waals surface area (Å²) >= 11 is 0. The molecule has 0 rings (SSSR count). The molecule has 1 amide bonds. The molecule has 0 aliphatic rings. The lowest BCUT2D eigenvalue weighted by molar-refractivity contribution is -0.149. The molecule has 7 nitrogen and oxygen atoms in total. The Morgan fingerprint density at radius 1 is 1.22 bits per heavy atom. The number of hydrogen-bond acceptors (Lipinski definition) is 5. The summed E-state index contributed by atoms with van der Waals surface area (Å²) in [5, 5.41) is 12.1. The molecular weight excluding hydrogens is 322 g/mol. The second-order valence-corrected chi connectivity index (χ2v) is 9.68. The van der Waals surface area contributed by atoms with Crippen LogP contribution >= 0.6 is 0 Å². The van der Waals surface area contributed by atoms with Crippen molar-refractivity contribution in [2.24, 2.45) is 11.3 Å². The molecule has 23 heavy (non-hydrogen) atoms. The number of sulfone groups is 1. The molecule has 0 saturated carbocycles. The van der Waals surface area contributed by atoms with Crippen molar-refractivity contribution in [3.05, 3.63) is 0 Å². The Balaban J connectivity index is 5.16. The zero-order valence-corrected chi connectivity index (χ0v) is 15.6. The molecular formula is C15H29NO6S. The fourth-order valence-corrected chi connectivity index (χ4v) is 3.01. The van der Waals surface area contributed by atoms with Gasteiger partial charge in [0.15, 0.2) is 0 Å². The Kier molecular flexibility index (Phi) is 7.53. The predicted molar refractivity (Wildman–Crippen MR) is 88.1 cm³/mol. The highest BCUT2D eigenvalue weighted by Gasteiger charge is 2.40. The summed E-state index contributed by atoms with van der Waals surface area (Å²) in [6.07, 6.45) is 0.547. The van der Waals surface area contributed by atoms with Crippen LogP contribution in [0.5, 0.6) is 0 Å². The van der Waals surface area contributed by atoms with Crippen LogP contribution in [0.3, 0.4) is 0 Å². The summed E-state index contributed by atoms with van der Waals surface area (Å²) in [6.45, 7) is 8.64. The largest absolute Gasteiger partial charge is 0.481 e. The Morgan fingerprint density at radius 3 is 2.09 bits per heavy atom. The normalized spacial score (nSPS) is 15.1. The van der Waals surface area contributed by atoms with Gasteiger partial charge in [-0.25, -0.2) is 13.2 Å². The fourth-order valence-electron chi connectivity index (χ4n) is 2.25. The third-order valence-corrected chi connectivity index (χ3v) is 4.12. The van der Waals surface area contributed by atoms with Crippen molar-refractivity contribution in [2.75, 3.05) is 18.6 Å². The molecule has 0 radical (unpaired) electrons. The summed E-state index contributed by atoms with van der Waals surface area (Å²) in [7, 11) is -3.30. The minimum Gasteiger partial charge on any atom is -0.481 e. The van der Waals surface area contributed by atoms with E-state index >= 15 is 0 Å². The zero-order valence-electron chi connectivity index (χ0n) is 14.8. The molecule has 136 valence electrons. The third-order valence-electron chi connectivity index (χ3n) is 3.17. The van der Waals surface area contributed by atoms with Gasteiger partial charge in [-0.05, 0) is 39.5 Å². The molecule has 0 heterocycles. The van der Waals surface area contributed by atoms with E-state index in [2.05, 4.69) is 5.32 Å². The molecule has 1 unspecified atom stereocenters. The van der Waals surface area contributed by atoms with Crippen molar-refractivity contribution < 1.29 is 27.9 Å². The summed E-state index contributed by atoms with van der Waals surface area (Å²) in [6, 6.07) is 0. The van der Waals surface area contributed by atoms with Crippen molar-refractivity contribution in [1.29, 1.82) is 0 Å². The molecule has 0 aromatic heterocycles. The van der Waals surface area contributed by atoms with E-state index in [-0.39, 0.29) is 31.1 Å². The van der Waals surface area contributed by atoms with E-state index in [9.17, 15) is 23.1 Å². The van der Waals surface area contributed by atoms with Crippen molar-refractivity contribution in [3.63, 3.8) is 0 Å². The topological polar surface area (TPSA) is 110 Å². The van der Waals surface area contributed by atoms with E-state index in [0.29, 0.717) is 0 Å². The maximum Gasteiger partial charge on any atom is 0.407 e. The standard InChI is InChI=1S/C15H29NO6S/c1-11(2)9-15(12(17)18,7-8-23(6,20)21)10-16-13(19)22-14(3,4)5/h11H,7-10H2,1-6H3,(H,16,19)(H,17,18). The number of carbonyl (C=O) groups excluding carboxylic acids is 1. The van der Waals surface area contributed by atoms with Gasteiger partial charge in [-0.1, -0.05) is 13.8 Å². The van der Waals surface area contributed by atoms with E-state index < -0.39 is 32.9 Å². The second kappa shape index (κ2) is 7.99. The third kappa shape index (κ3) is 9.43. The lowest BCUT2D eigenvalue weighted by atomic mass is 9.77. The van der Waals surface area contributed by atoms with E-state index in [1.807, 2.05) is 13.8 Å². The number of aliphatic carboxylic acids is 1. The predicted octanol–water partition coefficient (Wildman–Crippen LogP) is 2.06. The van der Waals surface area contributed by atoms with Gasteiger partial charge in [-0.2, -0.15) is 0 Å². The average molecular weight is 351 g/mol.